The number of nitrogens with one attached hydrogen (secondary N) is 1. The summed E-state index contributed by atoms with van der Waals surface area (Å²) in [5.41, 5.74) is 1.28. The molecule has 1 heterocycles. The number of hydrogen-bond acceptors (Lipinski definition) is 6. The number of halogens is 3. The Morgan fingerprint density at radius 1 is 0.878 bits per heavy atom. The lowest BCUT2D eigenvalue weighted by Crippen LogP contribution is -2.48. The van der Waals surface area contributed by atoms with Crippen LogP contribution < -0.4 is 14.4 Å². The molecule has 0 bridgehead atoms. The number of carbonyl (C=O) groups is 2. The summed E-state index contributed by atoms with van der Waals surface area (Å²) in [4.78, 5) is 25.4. The lowest BCUT2D eigenvalue weighted by Gasteiger charge is -2.26. The monoisotopic (exact) mass is 694 g/mol. The average Bonchev–Trinajstić information content (AvgIpc) is 3.45. The van der Waals surface area contributed by atoms with Gasteiger partial charge in [0.15, 0.2) is 0 Å². The summed E-state index contributed by atoms with van der Waals surface area (Å²) in [5.74, 6) is -0.260. The first-order valence-corrected chi connectivity index (χ1v) is 17.2. The molecule has 4 aromatic carbocycles. The van der Waals surface area contributed by atoms with E-state index in [4.69, 9.17) is 9.47 Å². The zero-order valence-electron chi connectivity index (χ0n) is 27.3. The molecule has 0 unspecified atom stereocenters. The van der Waals surface area contributed by atoms with Gasteiger partial charge in [-0.05, 0) is 91.9 Å². The molecule has 5 rings (SSSR count). The van der Waals surface area contributed by atoms with E-state index >= 15 is 0 Å². The maximum atomic E-state index is 14.0. The molecule has 1 amide bonds. The van der Waals surface area contributed by atoms with Crippen molar-refractivity contribution in [2.45, 2.75) is 62.7 Å². The quantitative estimate of drug-likeness (QED) is 0.170. The number of alkyl halides is 3. The zero-order valence-corrected chi connectivity index (χ0v) is 28.1. The molecule has 1 aliphatic rings. The van der Waals surface area contributed by atoms with Crippen molar-refractivity contribution in [3.63, 3.8) is 0 Å². The third-order valence-electron chi connectivity index (χ3n) is 7.77. The SMILES string of the molecule is CC(C)(C)OC(=O)CCOc1cccc(CCNC(=O)[C@@H]2Cc3ccccc3N2S(=O)(=O)c2ccc(-c3cccc(C(F)(F)F)c3)cc2)c1. The number of ether oxygens (including phenoxy) is 2. The van der Waals surface area contributed by atoms with Crippen LogP contribution in [0.5, 0.6) is 5.75 Å². The fraction of sp³-hybridized carbons (Fsp3) is 0.297. The molecule has 12 heteroatoms. The Labute approximate surface area is 283 Å². The largest absolute Gasteiger partial charge is 0.493 e. The van der Waals surface area contributed by atoms with Crippen molar-refractivity contribution in [3.05, 3.63) is 114 Å². The number of fused-ring (bicyclic) bond motifs is 1. The highest BCUT2D eigenvalue weighted by molar-refractivity contribution is 7.93. The third kappa shape index (κ3) is 8.80. The van der Waals surface area contributed by atoms with Crippen molar-refractivity contribution in [2.75, 3.05) is 17.5 Å². The molecule has 0 spiro atoms. The second-order valence-corrected chi connectivity index (χ2v) is 14.4. The van der Waals surface area contributed by atoms with Crippen molar-refractivity contribution in [3.8, 4) is 16.9 Å². The lowest BCUT2D eigenvalue weighted by atomic mass is 10.0. The van der Waals surface area contributed by atoms with Gasteiger partial charge in [-0.2, -0.15) is 13.2 Å². The van der Waals surface area contributed by atoms with Gasteiger partial charge in [0.1, 0.15) is 17.4 Å². The minimum Gasteiger partial charge on any atom is -0.493 e. The van der Waals surface area contributed by atoms with Crippen LogP contribution >= 0.6 is 0 Å². The number of para-hydroxylation sites is 1. The summed E-state index contributed by atoms with van der Waals surface area (Å²) in [7, 11) is -4.24. The average molecular weight is 695 g/mol. The molecule has 0 saturated carbocycles. The first kappa shape index (κ1) is 35.5. The molecule has 258 valence electrons. The minimum absolute atomic E-state index is 0.0961. The van der Waals surface area contributed by atoms with E-state index < -0.39 is 39.3 Å². The molecular weight excluding hydrogens is 657 g/mol. The number of anilines is 1. The first-order valence-electron chi connectivity index (χ1n) is 15.7. The number of hydrogen-bond donors (Lipinski definition) is 1. The smallest absolute Gasteiger partial charge is 0.416 e. The fourth-order valence-electron chi connectivity index (χ4n) is 5.55. The number of sulfonamides is 1. The van der Waals surface area contributed by atoms with Crippen molar-refractivity contribution in [1.82, 2.24) is 5.32 Å². The molecule has 1 N–H and O–H groups in total. The predicted molar refractivity (Wildman–Crippen MR) is 180 cm³/mol. The number of nitrogens with zero attached hydrogens (tertiary/aromatic N) is 1. The van der Waals surface area contributed by atoms with E-state index in [1.807, 2.05) is 12.1 Å². The molecule has 49 heavy (non-hydrogen) atoms. The van der Waals surface area contributed by atoms with Crippen LogP contribution in [0.3, 0.4) is 0 Å². The highest BCUT2D eigenvalue weighted by Crippen LogP contribution is 2.38. The first-order chi connectivity index (χ1) is 23.1. The minimum atomic E-state index is -4.51. The van der Waals surface area contributed by atoms with E-state index in [9.17, 15) is 31.2 Å². The standard InChI is InChI=1S/C37H37F3N2O6S/c1-36(2,3)48-34(43)19-21-47-30-12-6-8-25(22-30)18-20-41-35(44)33-24-28-9-4-5-13-32(28)42(33)49(45,46)31-16-14-26(15-17-31)27-10-7-11-29(23-27)37(38,39)40/h4-17,22-23,33H,18-21,24H2,1-3H3,(H,41,44)/t33-/m0/s1. The molecule has 0 aliphatic carbocycles. The summed E-state index contributed by atoms with van der Waals surface area (Å²) in [5, 5.41) is 2.87. The Kier molecular flexibility index (Phi) is 10.4. The van der Waals surface area contributed by atoms with Gasteiger partial charge < -0.3 is 14.8 Å². The second-order valence-electron chi connectivity index (χ2n) is 12.6. The van der Waals surface area contributed by atoms with Gasteiger partial charge in [0.25, 0.3) is 10.0 Å². The van der Waals surface area contributed by atoms with Crippen LogP contribution in [-0.4, -0.2) is 45.1 Å². The van der Waals surface area contributed by atoms with Gasteiger partial charge >= 0.3 is 12.1 Å². The van der Waals surface area contributed by atoms with Gasteiger partial charge in [-0.15, -0.1) is 0 Å². The predicted octanol–water partition coefficient (Wildman–Crippen LogP) is 6.96. The molecular formula is C37H37F3N2O6S. The van der Waals surface area contributed by atoms with Gasteiger partial charge in [-0.25, -0.2) is 8.42 Å². The number of benzene rings is 4. The van der Waals surface area contributed by atoms with E-state index in [1.165, 1.54) is 36.4 Å². The summed E-state index contributed by atoms with van der Waals surface area (Å²) in [6.45, 7) is 5.76. The van der Waals surface area contributed by atoms with Crippen molar-refractivity contribution < 1.29 is 40.7 Å². The van der Waals surface area contributed by atoms with Crippen LogP contribution in [0, 0.1) is 0 Å². The van der Waals surface area contributed by atoms with Gasteiger partial charge in [0.05, 0.1) is 29.2 Å². The van der Waals surface area contributed by atoms with Crippen LogP contribution in [-0.2, 0) is 43.4 Å². The summed E-state index contributed by atoms with van der Waals surface area (Å²) < 4.78 is 79.9. The van der Waals surface area contributed by atoms with Crippen molar-refractivity contribution in [2.24, 2.45) is 0 Å². The Morgan fingerprint density at radius 3 is 2.31 bits per heavy atom. The Balaban J connectivity index is 1.25. The van der Waals surface area contributed by atoms with Crippen LogP contribution in [0.2, 0.25) is 0 Å². The Morgan fingerprint density at radius 2 is 1.59 bits per heavy atom. The van der Waals surface area contributed by atoms with Gasteiger partial charge in [0, 0.05) is 13.0 Å². The fourth-order valence-corrected chi connectivity index (χ4v) is 7.19. The van der Waals surface area contributed by atoms with E-state index in [-0.39, 0.29) is 36.9 Å². The topological polar surface area (TPSA) is 102 Å². The number of esters is 1. The molecule has 1 atom stereocenters. The molecule has 0 radical (unpaired) electrons. The lowest BCUT2D eigenvalue weighted by molar-refractivity contribution is -0.155. The van der Waals surface area contributed by atoms with Crippen LogP contribution in [0.1, 0.15) is 43.9 Å². The third-order valence-corrected chi connectivity index (χ3v) is 9.61. The van der Waals surface area contributed by atoms with Crippen molar-refractivity contribution in [1.29, 1.82) is 0 Å². The number of amides is 1. The summed E-state index contributed by atoms with van der Waals surface area (Å²) in [6, 6.07) is 23.5. The number of rotatable bonds is 11. The maximum absolute atomic E-state index is 14.0. The van der Waals surface area contributed by atoms with Gasteiger partial charge in [0.2, 0.25) is 5.91 Å². The summed E-state index contributed by atoms with van der Waals surface area (Å²) >= 11 is 0. The Hall–Kier alpha value is -4.84. The highest BCUT2D eigenvalue weighted by atomic mass is 32.2. The Bertz CT molecular complexity index is 1920. The molecule has 0 aromatic heterocycles. The van der Waals surface area contributed by atoms with Crippen LogP contribution in [0.25, 0.3) is 11.1 Å². The molecule has 0 saturated heterocycles. The van der Waals surface area contributed by atoms with E-state index in [0.29, 0.717) is 34.5 Å². The summed E-state index contributed by atoms with van der Waals surface area (Å²) in [6.07, 6.45) is -3.80. The van der Waals surface area contributed by atoms with Gasteiger partial charge in [-0.1, -0.05) is 54.6 Å². The van der Waals surface area contributed by atoms with Crippen LogP contribution in [0.4, 0.5) is 18.9 Å². The molecule has 1 aliphatic heterocycles. The van der Waals surface area contributed by atoms with Gasteiger partial charge in [-0.3, -0.25) is 13.9 Å². The normalized spacial score (nSPS) is 14.7. The highest BCUT2D eigenvalue weighted by Gasteiger charge is 2.42. The second kappa shape index (κ2) is 14.3. The molecule has 0 fully saturated rings. The molecule has 8 nitrogen and oxygen atoms in total. The van der Waals surface area contributed by atoms with Crippen molar-refractivity contribution >= 4 is 27.6 Å². The van der Waals surface area contributed by atoms with E-state index in [1.54, 1.807) is 57.2 Å². The number of carbonyl (C=O) groups excluding carboxylic acids is 2. The van der Waals surface area contributed by atoms with E-state index in [2.05, 4.69) is 5.32 Å². The maximum Gasteiger partial charge on any atom is 0.416 e. The molecule has 4 aromatic rings. The van der Waals surface area contributed by atoms with Crippen LogP contribution in [0.15, 0.2) is 102 Å². The zero-order chi connectivity index (χ0) is 35.4. The van der Waals surface area contributed by atoms with E-state index in [0.717, 1.165) is 22.0 Å².